The van der Waals surface area contributed by atoms with Gasteiger partial charge >= 0.3 is 0 Å². The minimum absolute atomic E-state index is 0.0122. The smallest absolute Gasteiger partial charge is 0.264 e. The van der Waals surface area contributed by atoms with Gasteiger partial charge in [0.25, 0.3) is 5.91 Å². The maximum atomic E-state index is 13.9. The van der Waals surface area contributed by atoms with Crippen LogP contribution in [-0.4, -0.2) is 49.6 Å². The van der Waals surface area contributed by atoms with E-state index in [0.717, 1.165) is 11.3 Å². The van der Waals surface area contributed by atoms with Crippen LogP contribution in [-0.2, 0) is 24.6 Å². The lowest BCUT2D eigenvalue weighted by atomic mass is 9.51. The maximum Gasteiger partial charge on any atom is 0.264 e. The van der Waals surface area contributed by atoms with E-state index in [9.17, 15) is 9.59 Å². The quantitative estimate of drug-likeness (QED) is 0.745. The van der Waals surface area contributed by atoms with Gasteiger partial charge in [0.2, 0.25) is 5.91 Å². The summed E-state index contributed by atoms with van der Waals surface area (Å²) in [5, 5.41) is 1.39. The number of benzene rings is 1. The molecular formula is C21H22N2O4. The van der Waals surface area contributed by atoms with Gasteiger partial charge in [-0.3, -0.25) is 14.4 Å². The molecule has 3 heterocycles. The summed E-state index contributed by atoms with van der Waals surface area (Å²) in [6.45, 7) is 4.68. The zero-order valence-electron chi connectivity index (χ0n) is 15.4. The van der Waals surface area contributed by atoms with Crippen molar-refractivity contribution in [2.75, 3.05) is 25.8 Å². The third-order valence-electron chi connectivity index (χ3n) is 8.15. The summed E-state index contributed by atoms with van der Waals surface area (Å²) < 4.78 is 6.31. The second kappa shape index (κ2) is 4.62. The normalized spacial score (nSPS) is 45.9. The van der Waals surface area contributed by atoms with Crippen LogP contribution in [0.5, 0.6) is 0 Å². The van der Waals surface area contributed by atoms with E-state index in [2.05, 4.69) is 6.58 Å². The maximum absolute atomic E-state index is 13.9. The highest BCUT2D eigenvalue weighted by Crippen LogP contribution is 2.74. The third-order valence-corrected chi connectivity index (χ3v) is 8.15. The fraction of sp³-hybridized carbons (Fsp3) is 0.524. The molecular weight excluding hydrogens is 344 g/mol. The van der Waals surface area contributed by atoms with Crippen molar-refractivity contribution in [1.82, 2.24) is 4.90 Å². The number of hydroxylamine groups is 1. The number of rotatable bonds is 2. The first kappa shape index (κ1) is 15.8. The van der Waals surface area contributed by atoms with Gasteiger partial charge in [0.1, 0.15) is 5.41 Å². The Balaban J connectivity index is 1.70. The summed E-state index contributed by atoms with van der Waals surface area (Å²) in [4.78, 5) is 34.6. The lowest BCUT2D eigenvalue weighted by Gasteiger charge is -2.53. The molecule has 1 aromatic rings. The highest BCUT2D eigenvalue weighted by molar-refractivity contribution is 6.09. The van der Waals surface area contributed by atoms with E-state index in [0.29, 0.717) is 13.0 Å². The molecule has 2 aliphatic carbocycles. The van der Waals surface area contributed by atoms with Crippen LogP contribution >= 0.6 is 0 Å². The number of likely N-dealkylation sites (tertiary alicyclic amines) is 1. The number of piperidine rings is 1. The first-order valence-electron chi connectivity index (χ1n) is 9.55. The first-order valence-corrected chi connectivity index (χ1v) is 9.55. The van der Waals surface area contributed by atoms with Gasteiger partial charge in [0.05, 0.1) is 30.9 Å². The van der Waals surface area contributed by atoms with Gasteiger partial charge in [-0.2, -0.15) is 5.06 Å². The Hall–Kier alpha value is -2.18. The number of anilines is 1. The van der Waals surface area contributed by atoms with Crippen molar-refractivity contribution < 1.29 is 19.2 Å². The van der Waals surface area contributed by atoms with Crippen LogP contribution < -0.4 is 5.06 Å². The van der Waals surface area contributed by atoms with E-state index in [1.54, 1.807) is 0 Å². The summed E-state index contributed by atoms with van der Waals surface area (Å²) >= 11 is 0. The number of amides is 2. The third kappa shape index (κ3) is 1.32. The Bertz CT molecular complexity index is 915. The molecule has 2 saturated heterocycles. The number of hydrogen-bond acceptors (Lipinski definition) is 4. The average Bonchev–Trinajstić information content (AvgIpc) is 3.12. The van der Waals surface area contributed by atoms with Crippen LogP contribution in [0.3, 0.4) is 0 Å². The van der Waals surface area contributed by atoms with Gasteiger partial charge < -0.3 is 9.64 Å². The number of carbonyl (C=O) groups is 2. The zero-order valence-corrected chi connectivity index (χ0v) is 15.4. The molecule has 5 aliphatic rings. The molecule has 140 valence electrons. The van der Waals surface area contributed by atoms with Gasteiger partial charge in [-0.1, -0.05) is 24.3 Å². The predicted molar refractivity (Wildman–Crippen MR) is 96.6 cm³/mol. The highest BCUT2D eigenvalue weighted by atomic mass is 16.7. The Labute approximate surface area is 157 Å². The Morgan fingerprint density at radius 3 is 2.81 bits per heavy atom. The largest absolute Gasteiger partial charge is 0.376 e. The van der Waals surface area contributed by atoms with Gasteiger partial charge in [-0.15, -0.1) is 6.58 Å². The fourth-order valence-corrected chi connectivity index (χ4v) is 7.42. The molecule has 6 rings (SSSR count). The van der Waals surface area contributed by atoms with Crippen molar-refractivity contribution in [2.45, 2.75) is 24.0 Å². The van der Waals surface area contributed by atoms with E-state index in [1.807, 2.05) is 42.3 Å². The SMILES string of the molecule is C=CC12C(=O)N(C)C3C4COC(CC41)C1(C(=O)N(OC)c4ccccc41)C32. The van der Waals surface area contributed by atoms with E-state index in [1.165, 1.54) is 12.2 Å². The molecule has 4 fully saturated rings. The van der Waals surface area contributed by atoms with Crippen LogP contribution in [0.2, 0.25) is 0 Å². The second-order valence-electron chi connectivity index (χ2n) is 8.52. The average molecular weight is 366 g/mol. The predicted octanol–water partition coefficient (Wildman–Crippen LogP) is 1.51. The summed E-state index contributed by atoms with van der Waals surface area (Å²) in [6.07, 6.45) is 2.31. The van der Waals surface area contributed by atoms with E-state index in [-0.39, 0.29) is 41.7 Å². The Kier molecular flexibility index (Phi) is 2.71. The number of carbonyl (C=O) groups excluding carboxylic acids is 2. The monoisotopic (exact) mass is 366 g/mol. The summed E-state index contributed by atoms with van der Waals surface area (Å²) in [6, 6.07) is 7.76. The molecule has 0 N–H and O–H groups in total. The van der Waals surface area contributed by atoms with Crippen molar-refractivity contribution in [3.05, 3.63) is 42.5 Å². The molecule has 2 saturated carbocycles. The molecule has 2 amide bonds. The molecule has 6 nitrogen and oxygen atoms in total. The molecule has 1 spiro atoms. The summed E-state index contributed by atoms with van der Waals surface area (Å²) in [5.74, 6) is 0.277. The first-order chi connectivity index (χ1) is 13.0. The van der Waals surface area contributed by atoms with Crippen molar-refractivity contribution in [1.29, 1.82) is 0 Å². The van der Waals surface area contributed by atoms with E-state index >= 15 is 0 Å². The minimum Gasteiger partial charge on any atom is -0.376 e. The Morgan fingerprint density at radius 1 is 1.30 bits per heavy atom. The van der Waals surface area contributed by atoms with Crippen LogP contribution in [0, 0.1) is 23.2 Å². The molecule has 27 heavy (non-hydrogen) atoms. The van der Waals surface area contributed by atoms with Crippen molar-refractivity contribution >= 4 is 17.5 Å². The van der Waals surface area contributed by atoms with Gasteiger partial charge in [0.15, 0.2) is 0 Å². The molecule has 7 atom stereocenters. The molecule has 7 unspecified atom stereocenters. The lowest BCUT2D eigenvalue weighted by molar-refractivity contribution is -0.169. The Morgan fingerprint density at radius 2 is 2.07 bits per heavy atom. The van der Waals surface area contributed by atoms with E-state index < -0.39 is 10.8 Å². The summed E-state index contributed by atoms with van der Waals surface area (Å²) in [5.41, 5.74) is 0.0770. The number of hydrogen-bond donors (Lipinski definition) is 0. The van der Waals surface area contributed by atoms with Gasteiger partial charge in [0, 0.05) is 24.9 Å². The van der Waals surface area contributed by atoms with E-state index in [4.69, 9.17) is 9.57 Å². The molecule has 0 aromatic heterocycles. The summed E-state index contributed by atoms with van der Waals surface area (Å²) in [7, 11) is 3.38. The second-order valence-corrected chi connectivity index (χ2v) is 8.52. The molecule has 0 radical (unpaired) electrons. The molecule has 3 aliphatic heterocycles. The van der Waals surface area contributed by atoms with Crippen molar-refractivity contribution in [2.24, 2.45) is 23.2 Å². The van der Waals surface area contributed by atoms with Crippen molar-refractivity contribution in [3.8, 4) is 0 Å². The molecule has 5 bridgehead atoms. The van der Waals surface area contributed by atoms with Crippen LogP contribution in [0.1, 0.15) is 12.0 Å². The van der Waals surface area contributed by atoms with Crippen LogP contribution in [0.25, 0.3) is 0 Å². The number of ether oxygens (including phenoxy) is 1. The zero-order chi connectivity index (χ0) is 18.7. The molecule has 1 aromatic carbocycles. The van der Waals surface area contributed by atoms with Crippen LogP contribution in [0.15, 0.2) is 36.9 Å². The standard InChI is InChI=1S/C21H22N2O4/c1-4-20-13-9-15-21(12-7-5-6-8-14(12)23(26-3)19(21)25)17(20)16(11(13)10-27-15)22(2)18(20)24/h4-8,11,13,15-17H,1,9-10H2,2-3H3. The molecule has 6 heteroatoms. The van der Waals surface area contributed by atoms with Gasteiger partial charge in [-0.25, -0.2) is 0 Å². The van der Waals surface area contributed by atoms with Crippen LogP contribution in [0.4, 0.5) is 5.69 Å². The lowest BCUT2D eigenvalue weighted by Crippen LogP contribution is -2.63. The topological polar surface area (TPSA) is 59.1 Å². The number of nitrogens with zero attached hydrogens (tertiary/aromatic N) is 2. The number of para-hydroxylation sites is 1. The van der Waals surface area contributed by atoms with Gasteiger partial charge in [-0.05, 0) is 24.0 Å². The highest BCUT2D eigenvalue weighted by Gasteiger charge is 2.83. The fourth-order valence-electron chi connectivity index (χ4n) is 7.42. The van der Waals surface area contributed by atoms with Crippen molar-refractivity contribution in [3.63, 3.8) is 0 Å². The number of fused-ring (bicyclic) bond motifs is 5. The minimum atomic E-state index is -0.909.